The lowest BCUT2D eigenvalue weighted by molar-refractivity contribution is -0.142. The third kappa shape index (κ3) is 5.90. The molecule has 8 heteroatoms. The van der Waals surface area contributed by atoms with Crippen molar-refractivity contribution in [3.05, 3.63) is 16.1 Å². The predicted octanol–water partition coefficient (Wildman–Crippen LogP) is 0.797. The Balaban J connectivity index is 2.45. The predicted molar refractivity (Wildman–Crippen MR) is 78.2 cm³/mol. The van der Waals surface area contributed by atoms with Crippen LogP contribution < -0.4 is 10.6 Å². The number of aliphatic carboxylic acids is 1. The van der Waals surface area contributed by atoms with Gasteiger partial charge in [-0.15, -0.1) is 11.3 Å². The number of carbonyl (C=O) groups excluding carboxylic acids is 2. The molecule has 1 atom stereocenters. The number of hydrogen-bond donors (Lipinski definition) is 3. The highest BCUT2D eigenvalue weighted by Crippen LogP contribution is 2.10. The van der Waals surface area contributed by atoms with Gasteiger partial charge >= 0.3 is 5.97 Å². The van der Waals surface area contributed by atoms with Gasteiger partial charge in [0.25, 0.3) is 5.91 Å². The Bertz CT molecular complexity index is 527. The van der Waals surface area contributed by atoms with Gasteiger partial charge in [-0.2, -0.15) is 0 Å². The molecule has 0 bridgehead atoms. The number of carboxylic acid groups (broad SMARTS) is 1. The van der Waals surface area contributed by atoms with Gasteiger partial charge in [-0.25, -0.2) is 9.78 Å². The zero-order chi connectivity index (χ0) is 16.0. The first-order valence-corrected chi connectivity index (χ1v) is 7.34. The molecule has 21 heavy (non-hydrogen) atoms. The van der Waals surface area contributed by atoms with Crippen molar-refractivity contribution < 1.29 is 19.5 Å². The van der Waals surface area contributed by atoms with Crippen molar-refractivity contribution in [1.82, 2.24) is 15.6 Å². The van der Waals surface area contributed by atoms with E-state index in [0.717, 1.165) is 5.01 Å². The van der Waals surface area contributed by atoms with Crippen LogP contribution in [0.15, 0.2) is 6.20 Å². The first-order chi connectivity index (χ1) is 9.79. The first-order valence-electron chi connectivity index (χ1n) is 6.52. The average Bonchev–Trinajstić information content (AvgIpc) is 2.81. The van der Waals surface area contributed by atoms with Crippen LogP contribution in [-0.4, -0.2) is 40.5 Å². The van der Waals surface area contributed by atoms with E-state index in [-0.39, 0.29) is 12.5 Å². The Morgan fingerprint density at radius 3 is 2.52 bits per heavy atom. The fourth-order valence-electron chi connectivity index (χ4n) is 1.65. The van der Waals surface area contributed by atoms with Gasteiger partial charge in [0.05, 0.1) is 17.7 Å². The second-order valence-corrected chi connectivity index (χ2v) is 6.25. The second kappa shape index (κ2) is 7.72. The van der Waals surface area contributed by atoms with Crippen LogP contribution in [0, 0.1) is 12.8 Å². The molecule has 0 aliphatic heterocycles. The van der Waals surface area contributed by atoms with E-state index in [2.05, 4.69) is 15.6 Å². The molecule has 0 saturated carbocycles. The normalized spacial score (nSPS) is 12.0. The quantitative estimate of drug-likeness (QED) is 0.690. The van der Waals surface area contributed by atoms with Crippen LogP contribution in [0.5, 0.6) is 0 Å². The van der Waals surface area contributed by atoms with Gasteiger partial charge in [0, 0.05) is 0 Å². The summed E-state index contributed by atoms with van der Waals surface area (Å²) in [6.07, 6.45) is 1.77. The molecule has 0 radical (unpaired) electrons. The third-order valence-corrected chi connectivity index (χ3v) is 3.51. The number of aromatic nitrogens is 1. The number of hydrogen-bond acceptors (Lipinski definition) is 5. The van der Waals surface area contributed by atoms with Gasteiger partial charge in [-0.05, 0) is 19.3 Å². The van der Waals surface area contributed by atoms with Crippen LogP contribution in [-0.2, 0) is 9.59 Å². The van der Waals surface area contributed by atoms with E-state index in [1.807, 2.05) is 13.8 Å². The van der Waals surface area contributed by atoms with E-state index in [9.17, 15) is 14.4 Å². The number of thiazole rings is 1. The molecule has 1 rings (SSSR count). The summed E-state index contributed by atoms with van der Waals surface area (Å²) >= 11 is 1.23. The number of nitrogens with zero attached hydrogens (tertiary/aromatic N) is 1. The number of nitrogens with one attached hydrogen (secondary N) is 2. The fraction of sp³-hybridized carbons (Fsp3) is 0.538. The molecule has 0 aliphatic rings. The molecule has 0 unspecified atom stereocenters. The van der Waals surface area contributed by atoms with Gasteiger partial charge in [-0.3, -0.25) is 9.59 Å². The zero-order valence-corrected chi connectivity index (χ0v) is 13.0. The Morgan fingerprint density at radius 2 is 2.05 bits per heavy atom. The van der Waals surface area contributed by atoms with Crippen molar-refractivity contribution >= 4 is 29.1 Å². The summed E-state index contributed by atoms with van der Waals surface area (Å²) < 4.78 is 0. The van der Waals surface area contributed by atoms with E-state index in [4.69, 9.17) is 5.11 Å². The molecule has 1 aromatic heterocycles. The van der Waals surface area contributed by atoms with Gasteiger partial charge in [0.15, 0.2) is 0 Å². The monoisotopic (exact) mass is 313 g/mol. The molecule has 3 N–H and O–H groups in total. The van der Waals surface area contributed by atoms with E-state index >= 15 is 0 Å². The third-order valence-electron chi connectivity index (χ3n) is 2.59. The number of amides is 2. The van der Waals surface area contributed by atoms with Crippen molar-refractivity contribution in [2.75, 3.05) is 6.54 Å². The van der Waals surface area contributed by atoms with Crippen LogP contribution >= 0.6 is 11.3 Å². The number of carboxylic acids is 1. The summed E-state index contributed by atoms with van der Waals surface area (Å²) in [5, 5.41) is 14.6. The van der Waals surface area contributed by atoms with Crippen molar-refractivity contribution in [1.29, 1.82) is 0 Å². The highest BCUT2D eigenvalue weighted by atomic mass is 32.1. The molecule has 0 aromatic carbocycles. The standard InChI is InChI=1S/C13H19N3O4S/c1-7(2)4-9(13(19)20)16-11(17)6-15-12(18)10-5-14-8(3)21-10/h5,7,9H,4,6H2,1-3H3,(H,15,18)(H,16,17)(H,19,20)/t9-/m0/s1. The number of rotatable bonds is 7. The van der Waals surface area contributed by atoms with Crippen molar-refractivity contribution in [2.45, 2.75) is 33.2 Å². The van der Waals surface area contributed by atoms with Crippen molar-refractivity contribution in [3.8, 4) is 0 Å². The van der Waals surface area contributed by atoms with E-state index < -0.39 is 23.8 Å². The SMILES string of the molecule is Cc1ncc(C(=O)NCC(=O)N[C@@H](CC(C)C)C(=O)O)s1. The average molecular weight is 313 g/mol. The molecule has 1 aromatic rings. The maximum absolute atomic E-state index is 11.7. The van der Waals surface area contributed by atoms with E-state index in [1.54, 1.807) is 6.92 Å². The van der Waals surface area contributed by atoms with E-state index in [1.165, 1.54) is 17.5 Å². The lowest BCUT2D eigenvalue weighted by Crippen LogP contribution is -2.46. The van der Waals surface area contributed by atoms with Crippen molar-refractivity contribution in [3.63, 3.8) is 0 Å². The van der Waals surface area contributed by atoms with Crippen LogP contribution in [0.2, 0.25) is 0 Å². The number of aryl methyl sites for hydroxylation is 1. The summed E-state index contributed by atoms with van der Waals surface area (Å²) in [6.45, 7) is 5.25. The van der Waals surface area contributed by atoms with E-state index in [0.29, 0.717) is 11.3 Å². The molecule has 0 spiro atoms. The maximum atomic E-state index is 11.7. The lowest BCUT2D eigenvalue weighted by atomic mass is 10.0. The Kier molecular flexibility index (Phi) is 6.29. The van der Waals surface area contributed by atoms with Crippen LogP contribution in [0.1, 0.15) is 34.9 Å². The fourth-order valence-corrected chi connectivity index (χ4v) is 2.35. The highest BCUT2D eigenvalue weighted by molar-refractivity contribution is 7.13. The summed E-state index contributed by atoms with van der Waals surface area (Å²) in [5.41, 5.74) is 0. The number of carbonyl (C=O) groups is 3. The summed E-state index contributed by atoms with van der Waals surface area (Å²) in [6, 6.07) is -0.944. The zero-order valence-electron chi connectivity index (χ0n) is 12.2. The van der Waals surface area contributed by atoms with Crippen LogP contribution in [0.4, 0.5) is 0 Å². The molecular formula is C13H19N3O4S. The smallest absolute Gasteiger partial charge is 0.326 e. The van der Waals surface area contributed by atoms with Gasteiger partial charge in [-0.1, -0.05) is 13.8 Å². The Morgan fingerprint density at radius 1 is 1.38 bits per heavy atom. The molecule has 1 heterocycles. The molecule has 0 fully saturated rings. The summed E-state index contributed by atoms with van der Waals surface area (Å²) in [4.78, 5) is 38.8. The van der Waals surface area contributed by atoms with Crippen LogP contribution in [0.3, 0.4) is 0 Å². The topological polar surface area (TPSA) is 108 Å². The molecule has 2 amide bonds. The highest BCUT2D eigenvalue weighted by Gasteiger charge is 2.21. The summed E-state index contributed by atoms with van der Waals surface area (Å²) in [5.74, 6) is -1.87. The largest absolute Gasteiger partial charge is 0.480 e. The maximum Gasteiger partial charge on any atom is 0.326 e. The molecule has 0 aliphatic carbocycles. The molecule has 7 nitrogen and oxygen atoms in total. The van der Waals surface area contributed by atoms with Gasteiger partial charge < -0.3 is 15.7 Å². The van der Waals surface area contributed by atoms with Gasteiger partial charge in [0.1, 0.15) is 10.9 Å². The van der Waals surface area contributed by atoms with Crippen molar-refractivity contribution in [2.24, 2.45) is 5.92 Å². The first kappa shape index (κ1) is 17.1. The lowest BCUT2D eigenvalue weighted by Gasteiger charge is -2.16. The second-order valence-electron chi connectivity index (χ2n) is 5.01. The molecule has 0 saturated heterocycles. The van der Waals surface area contributed by atoms with Gasteiger partial charge in [0.2, 0.25) is 5.91 Å². The molecule has 116 valence electrons. The minimum absolute atomic E-state index is 0.140. The minimum atomic E-state index is -1.08. The minimum Gasteiger partial charge on any atom is -0.480 e. The summed E-state index contributed by atoms with van der Waals surface area (Å²) in [7, 11) is 0. The molecular weight excluding hydrogens is 294 g/mol. The Hall–Kier alpha value is -1.96. The Labute approximate surface area is 126 Å². The van der Waals surface area contributed by atoms with Crippen LogP contribution in [0.25, 0.3) is 0 Å².